The Hall–Kier alpha value is -4.18. The molecule has 0 unspecified atom stereocenters. The molecule has 10 heteroatoms. The molecule has 202 valence electrons. The van der Waals surface area contributed by atoms with Gasteiger partial charge in [-0.2, -0.15) is 0 Å². The van der Waals surface area contributed by atoms with Gasteiger partial charge in [0.15, 0.2) is 9.84 Å². The maximum atomic E-state index is 15.0. The maximum absolute atomic E-state index is 15.0. The number of fused-ring (bicyclic) bond motifs is 1. The lowest BCUT2D eigenvalue weighted by molar-refractivity contribution is 0.0600. The molecule has 2 amide bonds. The van der Waals surface area contributed by atoms with Gasteiger partial charge < -0.3 is 14.2 Å². The van der Waals surface area contributed by atoms with E-state index in [1.807, 2.05) is 42.1 Å². The highest BCUT2D eigenvalue weighted by Crippen LogP contribution is 2.29. The van der Waals surface area contributed by atoms with Crippen LogP contribution in [0.3, 0.4) is 0 Å². The van der Waals surface area contributed by atoms with E-state index in [1.165, 1.54) is 29.0 Å². The number of esters is 1. The lowest BCUT2D eigenvalue weighted by Crippen LogP contribution is -2.49. The summed E-state index contributed by atoms with van der Waals surface area (Å²) in [6, 6.07) is 19.2. The number of benzene rings is 3. The molecule has 1 aromatic heterocycles. The Balaban J connectivity index is 1.46. The minimum absolute atomic E-state index is 0.0661. The van der Waals surface area contributed by atoms with Gasteiger partial charge in [-0.3, -0.25) is 4.90 Å². The number of halogens is 1. The van der Waals surface area contributed by atoms with E-state index in [2.05, 4.69) is 16.9 Å². The van der Waals surface area contributed by atoms with Crippen LogP contribution in [0.2, 0.25) is 0 Å². The van der Waals surface area contributed by atoms with E-state index in [9.17, 15) is 18.0 Å². The van der Waals surface area contributed by atoms with Crippen molar-refractivity contribution in [1.82, 2.24) is 9.47 Å². The van der Waals surface area contributed by atoms with Gasteiger partial charge in [-0.05, 0) is 53.6 Å². The fourth-order valence-electron chi connectivity index (χ4n) is 4.73. The number of sulfone groups is 1. The monoisotopic (exact) mass is 549 g/mol. The first-order chi connectivity index (χ1) is 18.6. The molecule has 0 spiro atoms. The van der Waals surface area contributed by atoms with Gasteiger partial charge in [-0.15, -0.1) is 0 Å². The molecule has 4 aromatic rings. The number of carbonyl (C=O) groups is 2. The van der Waals surface area contributed by atoms with E-state index >= 15 is 4.39 Å². The Labute approximate surface area is 226 Å². The minimum Gasteiger partial charge on any atom is -0.465 e. The molecule has 39 heavy (non-hydrogen) atoms. The number of anilines is 1. The molecule has 0 bridgehead atoms. The first-order valence-corrected chi connectivity index (χ1v) is 14.3. The molecule has 0 radical (unpaired) electrons. The predicted octanol–water partition coefficient (Wildman–Crippen LogP) is 4.63. The Morgan fingerprint density at radius 3 is 2.31 bits per heavy atom. The fourth-order valence-corrected chi connectivity index (χ4v) is 5.93. The molecule has 0 saturated carbocycles. The minimum atomic E-state index is -3.19. The van der Waals surface area contributed by atoms with Crippen LogP contribution in [0.25, 0.3) is 22.0 Å². The second-order valence-corrected chi connectivity index (χ2v) is 11.9. The predicted molar refractivity (Wildman–Crippen MR) is 148 cm³/mol. The maximum Gasteiger partial charge on any atom is 0.337 e. The van der Waals surface area contributed by atoms with Gasteiger partial charge in [0.2, 0.25) is 0 Å². The number of urea groups is 1. The zero-order valence-electron chi connectivity index (χ0n) is 21.6. The van der Waals surface area contributed by atoms with Crippen LogP contribution < -0.4 is 4.90 Å². The van der Waals surface area contributed by atoms with Crippen LogP contribution >= 0.6 is 0 Å². The topological polar surface area (TPSA) is 88.9 Å². The summed E-state index contributed by atoms with van der Waals surface area (Å²) >= 11 is 0. The number of ether oxygens (including phenoxy) is 1. The van der Waals surface area contributed by atoms with Gasteiger partial charge in [0, 0.05) is 48.5 Å². The van der Waals surface area contributed by atoms with Crippen molar-refractivity contribution in [2.24, 2.45) is 7.05 Å². The van der Waals surface area contributed by atoms with Crippen LogP contribution in [0.5, 0.6) is 0 Å². The van der Waals surface area contributed by atoms with Crippen molar-refractivity contribution in [2.75, 3.05) is 36.6 Å². The average molecular weight is 550 g/mol. The van der Waals surface area contributed by atoms with Crippen LogP contribution in [0.4, 0.5) is 14.9 Å². The van der Waals surface area contributed by atoms with Gasteiger partial charge in [0.05, 0.1) is 30.7 Å². The van der Waals surface area contributed by atoms with Crippen LogP contribution in [-0.2, 0) is 28.2 Å². The van der Waals surface area contributed by atoms with Gasteiger partial charge in [0.1, 0.15) is 5.82 Å². The largest absolute Gasteiger partial charge is 0.465 e. The smallest absolute Gasteiger partial charge is 0.337 e. The van der Waals surface area contributed by atoms with Crippen molar-refractivity contribution in [3.63, 3.8) is 0 Å². The number of hydrogen-bond acceptors (Lipinski definition) is 5. The molecule has 0 aliphatic carbocycles. The zero-order valence-corrected chi connectivity index (χ0v) is 22.4. The number of hydrogen-bond donors (Lipinski definition) is 0. The lowest BCUT2D eigenvalue weighted by Gasteiger charge is -2.33. The SMILES string of the molecule is COC(=O)c1ccc(CN(C(=O)N2CCS(=O)(=O)CC2)c2ccc(-c3ccc4c(ccn4C)c3)cc2)c(F)c1. The number of amides is 2. The van der Waals surface area contributed by atoms with Gasteiger partial charge >= 0.3 is 12.0 Å². The first kappa shape index (κ1) is 26.4. The molecule has 3 aromatic carbocycles. The Kier molecular flexibility index (Phi) is 7.14. The second kappa shape index (κ2) is 10.5. The summed E-state index contributed by atoms with van der Waals surface area (Å²) in [6.45, 7) is 0.0257. The van der Waals surface area contributed by atoms with E-state index in [1.54, 1.807) is 12.1 Å². The number of methoxy groups -OCH3 is 1. The summed E-state index contributed by atoms with van der Waals surface area (Å²) in [5.74, 6) is -1.54. The van der Waals surface area contributed by atoms with Crippen molar-refractivity contribution < 1.29 is 27.1 Å². The average Bonchev–Trinajstić information content (AvgIpc) is 3.31. The Bertz CT molecular complexity index is 1650. The molecular weight excluding hydrogens is 521 g/mol. The summed E-state index contributed by atoms with van der Waals surface area (Å²) in [5, 5.41) is 1.11. The normalized spacial score (nSPS) is 14.8. The zero-order chi connectivity index (χ0) is 27.7. The Morgan fingerprint density at radius 1 is 0.949 bits per heavy atom. The molecule has 1 saturated heterocycles. The summed E-state index contributed by atoms with van der Waals surface area (Å²) < 4.78 is 45.6. The van der Waals surface area contributed by atoms with Gasteiger partial charge in [-0.25, -0.2) is 22.4 Å². The van der Waals surface area contributed by atoms with Crippen molar-refractivity contribution in [1.29, 1.82) is 0 Å². The highest BCUT2D eigenvalue weighted by Gasteiger charge is 2.29. The molecule has 2 heterocycles. The number of rotatable bonds is 5. The standard InChI is InChI=1S/C29H28FN3O5S/c1-31-12-11-22-17-21(7-10-27(22)31)20-5-8-25(9-6-20)33(29(35)32-13-15-39(36,37)16-14-32)19-24-4-3-23(18-26(24)30)28(34)38-2/h3-12,17-18H,13-16,19H2,1-2H3. The molecule has 5 rings (SSSR count). The molecule has 0 N–H and O–H groups in total. The van der Waals surface area contributed by atoms with E-state index in [0.29, 0.717) is 5.69 Å². The summed E-state index contributed by atoms with van der Waals surface area (Å²) in [7, 11) is 0.0205. The highest BCUT2D eigenvalue weighted by molar-refractivity contribution is 7.91. The van der Waals surface area contributed by atoms with E-state index in [0.717, 1.165) is 28.1 Å². The van der Waals surface area contributed by atoms with Gasteiger partial charge in [-0.1, -0.05) is 24.3 Å². The van der Waals surface area contributed by atoms with E-state index < -0.39 is 27.7 Å². The number of aromatic nitrogens is 1. The van der Waals surface area contributed by atoms with Crippen LogP contribution in [0, 0.1) is 5.82 Å². The fraction of sp³-hybridized carbons (Fsp3) is 0.241. The third-order valence-electron chi connectivity index (χ3n) is 7.05. The van der Waals surface area contributed by atoms with Crippen LogP contribution in [0.15, 0.2) is 72.9 Å². The van der Waals surface area contributed by atoms with Crippen molar-refractivity contribution >= 4 is 38.4 Å². The quantitative estimate of drug-likeness (QED) is 0.339. The third kappa shape index (κ3) is 5.51. The first-order valence-electron chi connectivity index (χ1n) is 12.4. The second-order valence-electron chi connectivity index (χ2n) is 9.55. The summed E-state index contributed by atoms with van der Waals surface area (Å²) in [4.78, 5) is 28.3. The third-order valence-corrected chi connectivity index (χ3v) is 8.66. The van der Waals surface area contributed by atoms with Crippen molar-refractivity contribution in [3.8, 4) is 11.1 Å². The van der Waals surface area contributed by atoms with Crippen LogP contribution in [0.1, 0.15) is 15.9 Å². The summed E-state index contributed by atoms with van der Waals surface area (Å²) in [6.07, 6.45) is 2.00. The number of carbonyl (C=O) groups excluding carboxylic acids is 2. The molecule has 1 aliphatic rings. The van der Waals surface area contributed by atoms with Gasteiger partial charge in [0.25, 0.3) is 0 Å². The lowest BCUT2D eigenvalue weighted by atomic mass is 10.0. The molecular formula is C29H28FN3O5S. The number of aryl methyl sites for hydroxylation is 1. The van der Waals surface area contributed by atoms with E-state index in [4.69, 9.17) is 0 Å². The highest BCUT2D eigenvalue weighted by atomic mass is 32.2. The molecule has 1 aliphatic heterocycles. The molecule has 0 atom stereocenters. The van der Waals surface area contributed by atoms with Crippen molar-refractivity contribution in [2.45, 2.75) is 6.54 Å². The molecule has 1 fully saturated rings. The molecule has 8 nitrogen and oxygen atoms in total. The number of nitrogens with zero attached hydrogens (tertiary/aromatic N) is 3. The Morgan fingerprint density at radius 2 is 1.64 bits per heavy atom. The van der Waals surface area contributed by atoms with Crippen LogP contribution in [-0.4, -0.2) is 61.6 Å². The van der Waals surface area contributed by atoms with E-state index in [-0.39, 0.29) is 42.3 Å². The van der Waals surface area contributed by atoms with Crippen molar-refractivity contribution in [3.05, 3.63) is 89.9 Å². The summed E-state index contributed by atoms with van der Waals surface area (Å²) in [5.41, 5.74) is 3.90.